The van der Waals surface area contributed by atoms with E-state index in [2.05, 4.69) is 5.32 Å². The summed E-state index contributed by atoms with van der Waals surface area (Å²) in [5.74, 6) is -1.87. The first-order valence-electron chi connectivity index (χ1n) is 5.20. The van der Waals surface area contributed by atoms with Gasteiger partial charge >= 0.3 is 0 Å². The lowest BCUT2D eigenvalue weighted by Crippen LogP contribution is -2.30. The number of carbonyl (C=O) groups is 1. The number of hydrogen-bond donors (Lipinski definition) is 1. The zero-order chi connectivity index (χ0) is 12.9. The summed E-state index contributed by atoms with van der Waals surface area (Å²) in [6.07, 6.45) is 0.728. The molecule has 0 radical (unpaired) electrons. The second-order valence-electron chi connectivity index (χ2n) is 3.57. The smallest absolute Gasteiger partial charge is 0.235 e. The van der Waals surface area contributed by atoms with E-state index in [1.807, 2.05) is 6.92 Å². The van der Waals surface area contributed by atoms with Gasteiger partial charge in [0.25, 0.3) is 0 Å². The zero-order valence-corrected chi connectivity index (χ0v) is 10.3. The number of benzene rings is 1. The van der Waals surface area contributed by atoms with Crippen LogP contribution in [0.5, 0.6) is 0 Å². The largest absolute Gasteiger partial charge is 0.355 e. The summed E-state index contributed by atoms with van der Waals surface area (Å²) in [7, 11) is -3.76. The van der Waals surface area contributed by atoms with Crippen molar-refractivity contribution in [3.8, 4) is 0 Å². The second-order valence-corrected chi connectivity index (χ2v) is 5.56. The Hall–Kier alpha value is -1.43. The Kier molecular flexibility index (Phi) is 4.62. The van der Waals surface area contributed by atoms with Crippen molar-refractivity contribution < 1.29 is 17.6 Å². The lowest BCUT2D eigenvalue weighted by molar-refractivity contribution is -0.118. The van der Waals surface area contributed by atoms with Crippen LogP contribution in [0.1, 0.15) is 13.3 Å². The Morgan fingerprint density at radius 3 is 2.71 bits per heavy atom. The third-order valence-electron chi connectivity index (χ3n) is 2.05. The number of amides is 1. The lowest BCUT2D eigenvalue weighted by atomic mass is 10.4. The van der Waals surface area contributed by atoms with Crippen molar-refractivity contribution >= 4 is 15.7 Å². The van der Waals surface area contributed by atoms with Gasteiger partial charge in [0.2, 0.25) is 5.91 Å². The highest BCUT2D eigenvalue weighted by Crippen LogP contribution is 2.12. The maximum atomic E-state index is 12.9. The van der Waals surface area contributed by atoms with Gasteiger partial charge in [0.1, 0.15) is 11.6 Å². The molecule has 4 nitrogen and oxygen atoms in total. The minimum Gasteiger partial charge on any atom is -0.355 e. The van der Waals surface area contributed by atoms with Crippen LogP contribution in [0.2, 0.25) is 0 Å². The van der Waals surface area contributed by atoms with E-state index >= 15 is 0 Å². The standard InChI is InChI=1S/C11H14FNO3S/c1-2-6-13-11(14)8-17(15,16)10-5-3-4-9(12)7-10/h3-5,7H,2,6,8H2,1H3,(H,13,14). The van der Waals surface area contributed by atoms with E-state index in [0.717, 1.165) is 18.6 Å². The van der Waals surface area contributed by atoms with Crippen LogP contribution in [0.3, 0.4) is 0 Å². The van der Waals surface area contributed by atoms with Gasteiger partial charge in [-0.2, -0.15) is 0 Å². The molecule has 0 fully saturated rings. The quantitative estimate of drug-likeness (QED) is 0.862. The van der Waals surface area contributed by atoms with Gasteiger partial charge < -0.3 is 5.32 Å². The van der Waals surface area contributed by atoms with Gasteiger partial charge in [-0.1, -0.05) is 13.0 Å². The second kappa shape index (κ2) is 5.77. The minimum absolute atomic E-state index is 0.177. The summed E-state index contributed by atoms with van der Waals surface area (Å²) in [6, 6.07) is 4.62. The number of nitrogens with one attached hydrogen (secondary N) is 1. The summed E-state index contributed by atoms with van der Waals surface area (Å²) in [5, 5.41) is 2.46. The molecule has 0 saturated carbocycles. The zero-order valence-electron chi connectivity index (χ0n) is 9.44. The molecule has 0 heterocycles. The van der Waals surface area contributed by atoms with E-state index < -0.39 is 27.3 Å². The average Bonchev–Trinajstić information content (AvgIpc) is 2.26. The minimum atomic E-state index is -3.76. The lowest BCUT2D eigenvalue weighted by Gasteiger charge is -2.05. The topological polar surface area (TPSA) is 63.2 Å². The van der Waals surface area contributed by atoms with Gasteiger partial charge in [0.15, 0.2) is 9.84 Å². The maximum absolute atomic E-state index is 12.9. The van der Waals surface area contributed by atoms with E-state index in [1.165, 1.54) is 12.1 Å². The molecule has 1 N–H and O–H groups in total. The molecule has 17 heavy (non-hydrogen) atoms. The van der Waals surface area contributed by atoms with E-state index in [9.17, 15) is 17.6 Å². The summed E-state index contributed by atoms with van der Waals surface area (Å²) >= 11 is 0. The van der Waals surface area contributed by atoms with Crippen LogP contribution in [0, 0.1) is 5.82 Å². The van der Waals surface area contributed by atoms with Gasteiger partial charge in [0.05, 0.1) is 4.90 Å². The molecule has 0 aliphatic carbocycles. The highest BCUT2D eigenvalue weighted by molar-refractivity contribution is 7.92. The first kappa shape index (κ1) is 13.6. The molecule has 6 heteroatoms. The Labute approximate surface area is 99.8 Å². The van der Waals surface area contributed by atoms with Crippen LogP contribution >= 0.6 is 0 Å². The van der Waals surface area contributed by atoms with E-state index in [0.29, 0.717) is 6.54 Å². The summed E-state index contributed by atoms with van der Waals surface area (Å²) in [4.78, 5) is 11.1. The molecule has 1 aromatic carbocycles. The Balaban J connectivity index is 2.79. The molecular weight excluding hydrogens is 245 g/mol. The summed E-state index contributed by atoms with van der Waals surface area (Å²) in [6.45, 7) is 2.29. The number of halogens is 1. The number of sulfone groups is 1. The van der Waals surface area contributed by atoms with Crippen LogP contribution in [0.15, 0.2) is 29.2 Å². The van der Waals surface area contributed by atoms with Gasteiger partial charge in [-0.05, 0) is 24.6 Å². The van der Waals surface area contributed by atoms with E-state index in [1.54, 1.807) is 0 Å². The van der Waals surface area contributed by atoms with Crippen molar-refractivity contribution in [1.82, 2.24) is 5.32 Å². The summed E-state index contributed by atoms with van der Waals surface area (Å²) < 4.78 is 36.3. The third-order valence-corrected chi connectivity index (χ3v) is 3.66. The third kappa shape index (κ3) is 4.14. The van der Waals surface area contributed by atoms with E-state index in [-0.39, 0.29) is 4.90 Å². The fourth-order valence-electron chi connectivity index (χ4n) is 1.23. The SMILES string of the molecule is CCCNC(=O)CS(=O)(=O)c1cccc(F)c1. The van der Waals surface area contributed by atoms with Gasteiger partial charge in [-0.25, -0.2) is 12.8 Å². The van der Waals surface area contributed by atoms with Crippen molar-refractivity contribution in [3.05, 3.63) is 30.1 Å². The Bertz CT molecular complexity index is 499. The van der Waals surface area contributed by atoms with Crippen LogP contribution in [0.4, 0.5) is 4.39 Å². The first-order chi connectivity index (χ1) is 7.95. The first-order valence-corrected chi connectivity index (χ1v) is 6.86. The highest BCUT2D eigenvalue weighted by Gasteiger charge is 2.19. The molecule has 0 bridgehead atoms. The van der Waals surface area contributed by atoms with Crippen LogP contribution in [-0.2, 0) is 14.6 Å². The molecule has 1 aromatic rings. The van der Waals surface area contributed by atoms with Crippen molar-refractivity contribution in [2.45, 2.75) is 18.2 Å². The number of carbonyl (C=O) groups excluding carboxylic acids is 1. The molecule has 0 unspecified atom stereocenters. The monoisotopic (exact) mass is 259 g/mol. The van der Waals surface area contributed by atoms with Crippen molar-refractivity contribution in [1.29, 1.82) is 0 Å². The molecule has 0 atom stereocenters. The highest BCUT2D eigenvalue weighted by atomic mass is 32.2. The Morgan fingerprint density at radius 1 is 1.41 bits per heavy atom. The molecule has 0 saturated heterocycles. The normalized spacial score (nSPS) is 11.2. The molecule has 1 amide bonds. The van der Waals surface area contributed by atoms with Crippen LogP contribution < -0.4 is 5.32 Å². The maximum Gasteiger partial charge on any atom is 0.235 e. The predicted molar refractivity (Wildman–Crippen MR) is 61.8 cm³/mol. The average molecular weight is 259 g/mol. The molecule has 0 spiro atoms. The summed E-state index contributed by atoms with van der Waals surface area (Å²) in [5.41, 5.74) is 0. The van der Waals surface area contributed by atoms with E-state index in [4.69, 9.17) is 0 Å². The molecule has 0 aromatic heterocycles. The predicted octanol–water partition coefficient (Wildman–Crippen LogP) is 1.13. The van der Waals surface area contributed by atoms with Crippen LogP contribution in [-0.4, -0.2) is 26.6 Å². The molecule has 1 rings (SSSR count). The Morgan fingerprint density at radius 2 is 2.12 bits per heavy atom. The van der Waals surface area contributed by atoms with Crippen molar-refractivity contribution in [3.63, 3.8) is 0 Å². The fourth-order valence-corrected chi connectivity index (χ4v) is 2.42. The fraction of sp³-hybridized carbons (Fsp3) is 0.364. The van der Waals surface area contributed by atoms with Gasteiger partial charge in [-0.3, -0.25) is 4.79 Å². The van der Waals surface area contributed by atoms with Crippen LogP contribution in [0.25, 0.3) is 0 Å². The van der Waals surface area contributed by atoms with Crippen molar-refractivity contribution in [2.75, 3.05) is 12.3 Å². The van der Waals surface area contributed by atoms with Gasteiger partial charge in [-0.15, -0.1) is 0 Å². The molecule has 94 valence electrons. The molecular formula is C11H14FNO3S. The molecule has 0 aliphatic rings. The van der Waals surface area contributed by atoms with Crippen molar-refractivity contribution in [2.24, 2.45) is 0 Å². The number of hydrogen-bond acceptors (Lipinski definition) is 3. The number of rotatable bonds is 5. The van der Waals surface area contributed by atoms with Gasteiger partial charge in [0, 0.05) is 6.54 Å². The molecule has 0 aliphatic heterocycles.